The number of nitrogens with one attached hydrogen (secondary N) is 1. The highest BCUT2D eigenvalue weighted by molar-refractivity contribution is 5.85. The molecule has 0 aromatic carbocycles. The first-order valence-electron chi connectivity index (χ1n) is 7.14. The van der Waals surface area contributed by atoms with Gasteiger partial charge >= 0.3 is 0 Å². The zero-order chi connectivity index (χ0) is 13.8. The van der Waals surface area contributed by atoms with Gasteiger partial charge in [0.15, 0.2) is 0 Å². The monoisotopic (exact) mass is 301 g/mol. The maximum atomic E-state index is 12.0. The third-order valence-electron chi connectivity index (χ3n) is 3.71. The first kappa shape index (κ1) is 17.0. The maximum absolute atomic E-state index is 12.0. The Hall–Kier alpha value is -1.07. The molecule has 6 heteroatoms. The number of carbonyl (C=O) groups is 1. The summed E-state index contributed by atoms with van der Waals surface area (Å²) in [7, 11) is 0. The van der Waals surface area contributed by atoms with Crippen molar-refractivity contribution in [1.82, 2.24) is 10.5 Å². The molecule has 1 atom stereocenters. The van der Waals surface area contributed by atoms with Gasteiger partial charge in [0.2, 0.25) is 5.91 Å². The van der Waals surface area contributed by atoms with Crippen LogP contribution in [0.4, 0.5) is 0 Å². The molecule has 1 aliphatic rings. The Kier molecular flexibility index (Phi) is 6.49. The van der Waals surface area contributed by atoms with Gasteiger partial charge in [-0.05, 0) is 25.2 Å². The number of hydrogen-bond acceptors (Lipinski definition) is 4. The molecule has 20 heavy (non-hydrogen) atoms. The normalized spacial score (nSPS) is 15.6. The SMILES string of the molecule is CCc1noc(CC)c1CC(=O)NCC(N)C1CC1.Cl. The van der Waals surface area contributed by atoms with Crippen molar-refractivity contribution in [3.8, 4) is 0 Å². The highest BCUT2D eigenvalue weighted by atomic mass is 35.5. The minimum Gasteiger partial charge on any atom is -0.361 e. The van der Waals surface area contributed by atoms with Gasteiger partial charge in [-0.25, -0.2) is 0 Å². The van der Waals surface area contributed by atoms with Crippen LogP contribution >= 0.6 is 12.4 Å². The van der Waals surface area contributed by atoms with Crippen LogP contribution in [0.25, 0.3) is 0 Å². The summed E-state index contributed by atoms with van der Waals surface area (Å²) in [5.41, 5.74) is 7.80. The zero-order valence-corrected chi connectivity index (χ0v) is 13.0. The molecule has 1 aromatic heterocycles. The number of hydrogen-bond donors (Lipinski definition) is 2. The third kappa shape index (κ3) is 4.21. The summed E-state index contributed by atoms with van der Waals surface area (Å²) >= 11 is 0. The molecular formula is C14H24ClN3O2. The Morgan fingerprint density at radius 1 is 1.45 bits per heavy atom. The Labute approximate surface area is 126 Å². The summed E-state index contributed by atoms with van der Waals surface area (Å²) in [5.74, 6) is 1.43. The first-order valence-corrected chi connectivity index (χ1v) is 7.14. The third-order valence-corrected chi connectivity index (χ3v) is 3.71. The lowest BCUT2D eigenvalue weighted by atomic mass is 10.1. The van der Waals surface area contributed by atoms with E-state index in [1.165, 1.54) is 12.8 Å². The van der Waals surface area contributed by atoms with Crippen molar-refractivity contribution >= 4 is 18.3 Å². The second-order valence-electron chi connectivity index (χ2n) is 5.22. The lowest BCUT2D eigenvalue weighted by Gasteiger charge is -2.11. The summed E-state index contributed by atoms with van der Waals surface area (Å²) in [6, 6.07) is 0.0997. The van der Waals surface area contributed by atoms with Crippen LogP contribution in [0.1, 0.15) is 43.7 Å². The van der Waals surface area contributed by atoms with Crippen molar-refractivity contribution in [1.29, 1.82) is 0 Å². The second-order valence-corrected chi connectivity index (χ2v) is 5.22. The summed E-state index contributed by atoms with van der Waals surface area (Å²) in [5, 5.41) is 6.92. The lowest BCUT2D eigenvalue weighted by molar-refractivity contribution is -0.120. The van der Waals surface area contributed by atoms with E-state index in [4.69, 9.17) is 10.3 Å². The Morgan fingerprint density at radius 3 is 2.70 bits per heavy atom. The lowest BCUT2D eigenvalue weighted by Crippen LogP contribution is -2.39. The standard InChI is InChI=1S/C14H23N3O2.ClH/c1-3-12-10(13(4-2)19-17-12)7-14(18)16-8-11(15)9-5-6-9;/h9,11H,3-8,15H2,1-2H3,(H,16,18);1H. The van der Waals surface area contributed by atoms with Gasteiger partial charge in [-0.15, -0.1) is 12.4 Å². The number of amides is 1. The molecule has 3 N–H and O–H groups in total. The highest BCUT2D eigenvalue weighted by Crippen LogP contribution is 2.31. The fourth-order valence-electron chi connectivity index (χ4n) is 2.28. The number of aromatic nitrogens is 1. The summed E-state index contributed by atoms with van der Waals surface area (Å²) < 4.78 is 5.26. The van der Waals surface area contributed by atoms with Crippen LogP contribution in [0.2, 0.25) is 0 Å². The minimum atomic E-state index is 0. The van der Waals surface area contributed by atoms with E-state index >= 15 is 0 Å². The van der Waals surface area contributed by atoms with Gasteiger partial charge in [-0.3, -0.25) is 4.79 Å². The van der Waals surface area contributed by atoms with E-state index in [0.717, 1.165) is 29.9 Å². The summed E-state index contributed by atoms with van der Waals surface area (Å²) in [6.07, 6.45) is 4.28. The van der Waals surface area contributed by atoms with E-state index in [1.807, 2.05) is 13.8 Å². The van der Waals surface area contributed by atoms with Crippen LogP contribution in [0.3, 0.4) is 0 Å². The Morgan fingerprint density at radius 2 is 2.15 bits per heavy atom. The molecular weight excluding hydrogens is 278 g/mol. The van der Waals surface area contributed by atoms with Crippen LogP contribution in [0, 0.1) is 5.92 Å². The van der Waals surface area contributed by atoms with Gasteiger partial charge in [0, 0.05) is 24.6 Å². The fraction of sp³-hybridized carbons (Fsp3) is 0.714. The average molecular weight is 302 g/mol. The predicted octanol–water partition coefficient (Wildman–Crippen LogP) is 1.62. The fourth-order valence-corrected chi connectivity index (χ4v) is 2.28. The van der Waals surface area contributed by atoms with Gasteiger partial charge in [0.05, 0.1) is 12.1 Å². The predicted molar refractivity (Wildman–Crippen MR) is 79.9 cm³/mol. The molecule has 1 fully saturated rings. The number of nitrogens with two attached hydrogens (primary N) is 1. The smallest absolute Gasteiger partial charge is 0.224 e. The molecule has 1 aromatic rings. The Balaban J connectivity index is 0.00000200. The summed E-state index contributed by atoms with van der Waals surface area (Å²) in [6.45, 7) is 4.59. The van der Waals surface area contributed by atoms with E-state index in [9.17, 15) is 4.79 Å². The first-order chi connectivity index (χ1) is 9.15. The Bertz CT molecular complexity index is 422. The van der Waals surface area contributed by atoms with E-state index in [1.54, 1.807) is 0 Å². The molecule has 0 spiro atoms. The van der Waals surface area contributed by atoms with Gasteiger partial charge in [0.1, 0.15) is 5.76 Å². The van der Waals surface area contributed by atoms with Crippen LogP contribution in [0.5, 0.6) is 0 Å². The molecule has 1 saturated carbocycles. The van der Waals surface area contributed by atoms with E-state index in [0.29, 0.717) is 18.9 Å². The van der Waals surface area contributed by atoms with Crippen molar-refractivity contribution in [2.45, 2.75) is 52.0 Å². The number of rotatable bonds is 7. The van der Waals surface area contributed by atoms with Crippen molar-refractivity contribution in [3.63, 3.8) is 0 Å². The molecule has 5 nitrogen and oxygen atoms in total. The molecule has 0 radical (unpaired) electrons. The van der Waals surface area contributed by atoms with Crippen molar-refractivity contribution in [2.24, 2.45) is 11.7 Å². The molecule has 1 unspecified atom stereocenters. The number of nitrogens with zero attached hydrogens (tertiary/aromatic N) is 1. The van der Waals surface area contributed by atoms with E-state index in [-0.39, 0.29) is 24.4 Å². The molecule has 0 bridgehead atoms. The average Bonchev–Trinajstić information content (AvgIpc) is 3.18. The van der Waals surface area contributed by atoms with Crippen molar-refractivity contribution in [3.05, 3.63) is 17.0 Å². The number of aryl methyl sites for hydroxylation is 2. The molecule has 1 heterocycles. The molecule has 0 aliphatic heterocycles. The molecule has 0 saturated heterocycles. The molecule has 2 rings (SSSR count). The highest BCUT2D eigenvalue weighted by Gasteiger charge is 2.28. The van der Waals surface area contributed by atoms with Gasteiger partial charge in [-0.1, -0.05) is 19.0 Å². The number of halogens is 1. The molecule has 1 aliphatic carbocycles. The largest absolute Gasteiger partial charge is 0.361 e. The van der Waals surface area contributed by atoms with Gasteiger partial charge < -0.3 is 15.6 Å². The summed E-state index contributed by atoms with van der Waals surface area (Å²) in [4.78, 5) is 12.0. The number of carbonyl (C=O) groups excluding carboxylic acids is 1. The molecule has 1 amide bonds. The topological polar surface area (TPSA) is 81.2 Å². The minimum absolute atomic E-state index is 0. The van der Waals surface area contributed by atoms with E-state index in [2.05, 4.69) is 10.5 Å². The van der Waals surface area contributed by atoms with Crippen LogP contribution in [0.15, 0.2) is 4.52 Å². The van der Waals surface area contributed by atoms with Crippen molar-refractivity contribution < 1.29 is 9.32 Å². The molecule has 114 valence electrons. The van der Waals surface area contributed by atoms with E-state index < -0.39 is 0 Å². The van der Waals surface area contributed by atoms with Gasteiger partial charge in [0.25, 0.3) is 0 Å². The van der Waals surface area contributed by atoms with Crippen LogP contribution < -0.4 is 11.1 Å². The quantitative estimate of drug-likeness (QED) is 0.802. The van der Waals surface area contributed by atoms with Gasteiger partial charge in [-0.2, -0.15) is 0 Å². The maximum Gasteiger partial charge on any atom is 0.224 e. The second kappa shape index (κ2) is 7.64. The zero-order valence-electron chi connectivity index (χ0n) is 12.1. The van der Waals surface area contributed by atoms with Crippen LogP contribution in [-0.4, -0.2) is 23.7 Å². The van der Waals surface area contributed by atoms with Crippen molar-refractivity contribution in [2.75, 3.05) is 6.54 Å². The van der Waals surface area contributed by atoms with Crippen LogP contribution in [-0.2, 0) is 24.1 Å².